The van der Waals surface area contributed by atoms with Gasteiger partial charge in [-0.1, -0.05) is 52.2 Å². The van der Waals surface area contributed by atoms with Gasteiger partial charge in [0, 0.05) is 36.2 Å². The van der Waals surface area contributed by atoms with Crippen LogP contribution in [0.4, 0.5) is 17.6 Å². The van der Waals surface area contributed by atoms with E-state index in [1.165, 1.54) is 19.2 Å². The largest absolute Gasteiger partial charge is 0.481 e. The second kappa shape index (κ2) is 13.2. The molecule has 1 saturated carbocycles. The van der Waals surface area contributed by atoms with Gasteiger partial charge in [0.1, 0.15) is 11.9 Å². The monoisotopic (exact) mass is 607 g/mol. The third kappa shape index (κ3) is 7.13. The first-order chi connectivity index (χ1) is 20.3. The Balaban J connectivity index is 1.85. The summed E-state index contributed by atoms with van der Waals surface area (Å²) < 4.78 is 65.7. The van der Waals surface area contributed by atoms with E-state index in [1.54, 1.807) is 24.0 Å². The van der Waals surface area contributed by atoms with Crippen molar-refractivity contribution in [3.8, 4) is 5.88 Å². The number of methoxy groups -OCH3 is 1. The molecule has 1 amide bonds. The van der Waals surface area contributed by atoms with Crippen molar-refractivity contribution in [2.45, 2.75) is 90.6 Å². The summed E-state index contributed by atoms with van der Waals surface area (Å²) >= 11 is 0. The third-order valence-electron chi connectivity index (χ3n) is 8.59. The highest BCUT2D eigenvalue weighted by Gasteiger charge is 2.58. The molecule has 43 heavy (non-hydrogen) atoms. The minimum atomic E-state index is -4.61. The number of esters is 1. The average Bonchev–Trinajstić information content (AvgIpc) is 3.32. The fraction of sp³-hybridized carbons (Fsp3) is 0.594. The molecule has 0 spiro atoms. The van der Waals surface area contributed by atoms with Crippen molar-refractivity contribution in [2.24, 2.45) is 17.3 Å². The zero-order valence-electron chi connectivity index (χ0n) is 25.3. The minimum absolute atomic E-state index is 0.0289. The Labute approximate surface area is 250 Å². The Bertz CT molecular complexity index is 1270. The predicted molar refractivity (Wildman–Crippen MR) is 152 cm³/mol. The summed E-state index contributed by atoms with van der Waals surface area (Å²) in [5.74, 6) is -1.92. The Hall–Kier alpha value is -3.21. The second-order valence-corrected chi connectivity index (χ2v) is 12.5. The highest BCUT2D eigenvalue weighted by molar-refractivity contribution is 5.88. The average molecular weight is 608 g/mol. The topological polar surface area (TPSA) is 80.8 Å². The van der Waals surface area contributed by atoms with Crippen LogP contribution in [0.15, 0.2) is 36.5 Å². The quantitative estimate of drug-likeness (QED) is 0.274. The van der Waals surface area contributed by atoms with Gasteiger partial charge in [0.2, 0.25) is 11.8 Å². The number of hydrogen-bond donors (Lipinski definition) is 1. The molecule has 0 radical (unpaired) electrons. The molecule has 4 rings (SSSR count). The van der Waals surface area contributed by atoms with Crippen molar-refractivity contribution in [3.05, 3.63) is 59.0 Å². The van der Waals surface area contributed by atoms with E-state index in [0.717, 1.165) is 31.5 Å². The third-order valence-corrected chi connectivity index (χ3v) is 8.59. The zero-order valence-corrected chi connectivity index (χ0v) is 25.3. The van der Waals surface area contributed by atoms with E-state index in [2.05, 4.69) is 10.3 Å². The normalized spacial score (nSPS) is 23.3. The van der Waals surface area contributed by atoms with Crippen LogP contribution in [0, 0.1) is 23.1 Å². The van der Waals surface area contributed by atoms with Gasteiger partial charge in [0.15, 0.2) is 0 Å². The highest BCUT2D eigenvalue weighted by atomic mass is 19.4. The van der Waals surface area contributed by atoms with Gasteiger partial charge in [0.05, 0.1) is 25.3 Å². The first kappa shape index (κ1) is 32.7. The number of amides is 1. The molecule has 2 aromatic rings. The molecule has 0 unspecified atom stereocenters. The number of likely N-dealkylation sites (tertiary alicyclic amines) is 1. The van der Waals surface area contributed by atoms with Gasteiger partial charge in [-0.15, -0.1) is 0 Å². The van der Waals surface area contributed by atoms with Crippen LogP contribution in [0.3, 0.4) is 0 Å². The Morgan fingerprint density at radius 2 is 1.72 bits per heavy atom. The lowest BCUT2D eigenvalue weighted by molar-refractivity contribution is -0.158. The Kier molecular flexibility index (Phi) is 10.0. The summed E-state index contributed by atoms with van der Waals surface area (Å²) in [5.41, 5.74) is -0.700. The summed E-state index contributed by atoms with van der Waals surface area (Å²) in [6.07, 6.45) is 0.361. The molecule has 1 aliphatic carbocycles. The summed E-state index contributed by atoms with van der Waals surface area (Å²) in [4.78, 5) is 33.6. The molecular weight excluding hydrogens is 566 g/mol. The molecule has 4 atom stereocenters. The van der Waals surface area contributed by atoms with Crippen molar-refractivity contribution in [1.82, 2.24) is 15.2 Å². The molecule has 2 heterocycles. The van der Waals surface area contributed by atoms with Crippen molar-refractivity contribution in [3.63, 3.8) is 0 Å². The first-order valence-electron chi connectivity index (χ1n) is 14.9. The molecule has 0 bridgehead atoms. The number of hydrogen-bond acceptors (Lipinski definition) is 6. The molecule has 2 aliphatic rings. The van der Waals surface area contributed by atoms with Crippen LogP contribution in [0.2, 0.25) is 0 Å². The number of pyridine rings is 1. The number of carbonyl (C=O) groups is 2. The predicted octanol–water partition coefficient (Wildman–Crippen LogP) is 6.46. The van der Waals surface area contributed by atoms with Crippen molar-refractivity contribution < 1.29 is 36.6 Å². The maximum atomic E-state index is 14.4. The van der Waals surface area contributed by atoms with Crippen LogP contribution >= 0.6 is 0 Å². The number of alkyl halides is 3. The van der Waals surface area contributed by atoms with Crippen LogP contribution in [0.1, 0.15) is 82.5 Å². The summed E-state index contributed by atoms with van der Waals surface area (Å²) in [6.45, 7) is 7.61. The van der Waals surface area contributed by atoms with Crippen molar-refractivity contribution in [1.29, 1.82) is 0 Å². The van der Waals surface area contributed by atoms with Crippen LogP contribution in [0.5, 0.6) is 5.88 Å². The van der Waals surface area contributed by atoms with Gasteiger partial charge in [-0.05, 0) is 48.9 Å². The van der Waals surface area contributed by atoms with E-state index in [-0.39, 0.29) is 36.4 Å². The molecule has 7 nitrogen and oxygen atoms in total. The number of ether oxygens (including phenoxy) is 2. The van der Waals surface area contributed by atoms with Crippen LogP contribution in [-0.2, 0) is 27.0 Å². The first-order valence-corrected chi connectivity index (χ1v) is 14.9. The lowest BCUT2D eigenvalue weighted by Crippen LogP contribution is -2.50. The van der Waals surface area contributed by atoms with E-state index in [9.17, 15) is 27.2 Å². The molecule has 1 aliphatic heterocycles. The molecule has 1 aromatic carbocycles. The van der Waals surface area contributed by atoms with E-state index in [4.69, 9.17) is 9.47 Å². The van der Waals surface area contributed by atoms with Gasteiger partial charge >= 0.3 is 12.1 Å². The molecule has 1 saturated heterocycles. The number of carbonyl (C=O) groups excluding carboxylic acids is 2. The fourth-order valence-corrected chi connectivity index (χ4v) is 6.70. The van der Waals surface area contributed by atoms with Gasteiger partial charge in [-0.25, -0.2) is 14.2 Å². The summed E-state index contributed by atoms with van der Waals surface area (Å²) in [6, 6.07) is 4.47. The van der Waals surface area contributed by atoms with Gasteiger partial charge in [-0.2, -0.15) is 13.2 Å². The SMILES string of the molecule is CCOC(=O)[C@@H]1[C@@H](C(C)(C)C)[C@H](NCc2cc(C(F)(F)F)cnc2OC)[C@H](c2ccc(F)cc2)N1C(=O)C1CCCCC1. The number of benzene rings is 1. The van der Waals surface area contributed by atoms with Gasteiger partial charge < -0.3 is 19.7 Å². The molecule has 1 aromatic heterocycles. The van der Waals surface area contributed by atoms with E-state index in [1.807, 2.05) is 20.8 Å². The highest BCUT2D eigenvalue weighted by Crippen LogP contribution is 2.49. The fourth-order valence-electron chi connectivity index (χ4n) is 6.70. The van der Waals surface area contributed by atoms with Crippen LogP contribution < -0.4 is 10.1 Å². The standard InChI is InChI=1S/C32H41F4N3O4/c1-6-43-30(41)27-24(31(2,3)4)25(37-17-21-16-22(32(34,35)36)18-38-28(21)42-5)26(19-12-14-23(33)15-13-19)39(27)29(40)20-10-8-7-9-11-20/h12-16,18,20,24-27,37H,6-11,17H2,1-5H3/t24-,25-,26-,27-/m0/s1. The lowest BCUT2D eigenvalue weighted by Gasteiger charge is -2.36. The smallest absolute Gasteiger partial charge is 0.417 e. The van der Waals surface area contributed by atoms with Gasteiger partial charge in [0.25, 0.3) is 0 Å². The lowest BCUT2D eigenvalue weighted by atomic mass is 9.72. The Morgan fingerprint density at radius 3 is 2.28 bits per heavy atom. The molecular formula is C32H41F4N3O4. The van der Waals surface area contributed by atoms with Gasteiger partial charge in [-0.3, -0.25) is 4.79 Å². The summed E-state index contributed by atoms with van der Waals surface area (Å²) in [5, 5.41) is 3.40. The zero-order chi connectivity index (χ0) is 31.5. The number of nitrogens with one attached hydrogen (secondary N) is 1. The molecule has 2 fully saturated rings. The number of halogens is 4. The van der Waals surface area contributed by atoms with E-state index >= 15 is 0 Å². The van der Waals surface area contributed by atoms with Crippen molar-refractivity contribution >= 4 is 11.9 Å². The maximum Gasteiger partial charge on any atom is 0.417 e. The van der Waals surface area contributed by atoms with E-state index < -0.39 is 53.0 Å². The van der Waals surface area contributed by atoms with Crippen LogP contribution in [-0.4, -0.2) is 47.6 Å². The van der Waals surface area contributed by atoms with Crippen LogP contribution in [0.25, 0.3) is 0 Å². The number of rotatable bonds is 8. The number of aromatic nitrogens is 1. The maximum absolute atomic E-state index is 14.4. The molecule has 236 valence electrons. The second-order valence-electron chi connectivity index (χ2n) is 12.5. The number of nitrogens with zero attached hydrogens (tertiary/aromatic N) is 2. The summed E-state index contributed by atoms with van der Waals surface area (Å²) in [7, 11) is 1.33. The van der Waals surface area contributed by atoms with Crippen molar-refractivity contribution in [2.75, 3.05) is 13.7 Å². The Morgan fingerprint density at radius 1 is 1.07 bits per heavy atom. The molecule has 1 N–H and O–H groups in total. The molecule has 11 heteroatoms. The minimum Gasteiger partial charge on any atom is -0.481 e. The van der Waals surface area contributed by atoms with E-state index in [0.29, 0.717) is 18.4 Å².